The number of hydrogen-bond donors (Lipinski definition) is 1. The minimum Gasteiger partial charge on any atom is -1.00 e. The van der Waals surface area contributed by atoms with Gasteiger partial charge in [-0.15, -0.1) is 0 Å². The van der Waals surface area contributed by atoms with Crippen LogP contribution < -0.4 is 30.0 Å². The molecule has 0 heterocycles. The van der Waals surface area contributed by atoms with Gasteiger partial charge >= 0.3 is 21.7 Å². The van der Waals surface area contributed by atoms with Crippen LogP contribution in [0.3, 0.4) is 0 Å². The zero-order valence-corrected chi connectivity index (χ0v) is 23.1. The molecule has 1 nitrogen and oxygen atoms in total. The van der Waals surface area contributed by atoms with E-state index < -0.39 is 8.07 Å². The van der Waals surface area contributed by atoms with Crippen molar-refractivity contribution < 1.29 is 51.6 Å². The molecule has 5 heteroatoms. The molecule has 0 amide bonds. The summed E-state index contributed by atoms with van der Waals surface area (Å²) in [5.41, 5.74) is 4.31. The van der Waals surface area contributed by atoms with Gasteiger partial charge in [0.05, 0.1) is 0 Å². The van der Waals surface area contributed by atoms with Gasteiger partial charge in [0, 0.05) is 13.6 Å². The minimum absolute atomic E-state index is 0. The SMILES string of the molecule is C[Si](C)(C)[c-]1cccc1.Cc1cc(O)c(-c2ccccc2)c(C(C)(C)C)c1.[Cl-].[Cl-].[Ti+3]. The standard InChI is InChI=1S/C17H20O.C8H13Si.2ClH.Ti/c1-12-10-14(17(2,3)4)16(15(18)11-12)13-8-6-5-7-9-13;1-9(2,3)8-6-4-5-7-8;;;/h5-11,18H,1-4H3;4-7H,1-3H3;2*1H;/q;-1;;;+3/p-2. The van der Waals surface area contributed by atoms with Crippen LogP contribution in [0, 0.1) is 6.92 Å². The van der Waals surface area contributed by atoms with E-state index in [2.05, 4.69) is 70.7 Å². The largest absolute Gasteiger partial charge is 3.00 e. The molecule has 0 unspecified atom stereocenters. The van der Waals surface area contributed by atoms with Gasteiger partial charge in [0.2, 0.25) is 0 Å². The molecule has 0 bridgehead atoms. The van der Waals surface area contributed by atoms with Gasteiger partial charge in [-0.05, 0) is 35.1 Å². The van der Waals surface area contributed by atoms with Gasteiger partial charge < -0.3 is 29.9 Å². The van der Waals surface area contributed by atoms with Crippen LogP contribution in [-0.2, 0) is 27.1 Å². The number of hydrogen-bond acceptors (Lipinski definition) is 1. The molecule has 0 aliphatic heterocycles. The molecule has 30 heavy (non-hydrogen) atoms. The summed E-state index contributed by atoms with van der Waals surface area (Å²) in [5, 5.41) is 11.8. The van der Waals surface area contributed by atoms with Crippen molar-refractivity contribution in [1.82, 2.24) is 0 Å². The predicted octanol–water partition coefficient (Wildman–Crippen LogP) is 0.621. The third-order valence-electron chi connectivity index (χ3n) is 4.66. The normalized spacial score (nSPS) is 10.5. The molecule has 0 aromatic heterocycles. The number of aryl methyl sites for hydroxylation is 1. The summed E-state index contributed by atoms with van der Waals surface area (Å²) in [5.74, 6) is 0.367. The fraction of sp³-hybridized carbons (Fsp3) is 0.320. The molecule has 0 spiro atoms. The first-order valence-corrected chi connectivity index (χ1v) is 13.1. The smallest absolute Gasteiger partial charge is 1.00 e. The molecule has 0 aliphatic carbocycles. The summed E-state index contributed by atoms with van der Waals surface area (Å²) < 4.78 is 0. The number of aromatic hydroxyl groups is 1. The maximum Gasteiger partial charge on any atom is 3.00 e. The van der Waals surface area contributed by atoms with Crippen LogP contribution in [-0.4, -0.2) is 13.2 Å². The molecule has 0 aliphatic rings. The van der Waals surface area contributed by atoms with Crippen molar-refractivity contribution in [2.75, 3.05) is 0 Å². The summed E-state index contributed by atoms with van der Waals surface area (Å²) in [4.78, 5) is 0. The summed E-state index contributed by atoms with van der Waals surface area (Å²) in [6.07, 6.45) is 0. The van der Waals surface area contributed by atoms with Gasteiger partial charge in [0.15, 0.2) is 0 Å². The Bertz CT molecular complexity index is 865. The molecule has 3 aromatic rings. The van der Waals surface area contributed by atoms with Gasteiger partial charge in [-0.25, -0.2) is 12.1 Å². The van der Waals surface area contributed by atoms with E-state index in [0.717, 1.165) is 16.7 Å². The fourth-order valence-electron chi connectivity index (χ4n) is 3.14. The number of halogens is 2. The van der Waals surface area contributed by atoms with Crippen molar-refractivity contribution in [3.05, 3.63) is 77.9 Å². The van der Waals surface area contributed by atoms with E-state index in [1.807, 2.05) is 43.3 Å². The maximum absolute atomic E-state index is 10.3. The topological polar surface area (TPSA) is 20.2 Å². The quantitative estimate of drug-likeness (QED) is 0.408. The van der Waals surface area contributed by atoms with Crippen molar-refractivity contribution in [3.63, 3.8) is 0 Å². The Morgan fingerprint density at radius 1 is 0.833 bits per heavy atom. The van der Waals surface area contributed by atoms with Crippen molar-refractivity contribution in [3.8, 4) is 16.9 Å². The van der Waals surface area contributed by atoms with Gasteiger partial charge in [-0.2, -0.15) is 17.3 Å². The third-order valence-corrected chi connectivity index (χ3v) is 6.73. The summed E-state index contributed by atoms with van der Waals surface area (Å²) in [7, 11) is -0.981. The Labute approximate surface area is 211 Å². The van der Waals surface area contributed by atoms with E-state index in [1.54, 1.807) is 5.19 Å². The van der Waals surface area contributed by atoms with E-state index in [4.69, 9.17) is 0 Å². The molecule has 1 N–H and O–H groups in total. The second-order valence-corrected chi connectivity index (χ2v) is 14.3. The molecule has 3 rings (SSSR count). The van der Waals surface area contributed by atoms with Gasteiger partial charge in [-0.3, -0.25) is 0 Å². The molecular weight excluding hydrogens is 463 g/mol. The van der Waals surface area contributed by atoms with Gasteiger partial charge in [0.25, 0.3) is 0 Å². The Kier molecular flexibility index (Phi) is 13.4. The first-order valence-electron chi connectivity index (χ1n) is 9.62. The molecule has 0 atom stereocenters. The summed E-state index contributed by atoms with van der Waals surface area (Å²) in [6.45, 7) is 15.6. The number of phenolic OH excluding ortho intramolecular Hbond substituents is 1. The number of rotatable bonds is 2. The van der Waals surface area contributed by atoms with E-state index in [9.17, 15) is 5.11 Å². The second-order valence-electron chi connectivity index (χ2n) is 9.25. The van der Waals surface area contributed by atoms with Crippen LogP contribution in [0.2, 0.25) is 19.6 Å². The summed E-state index contributed by atoms with van der Waals surface area (Å²) >= 11 is 0. The van der Waals surface area contributed by atoms with Crippen LogP contribution in [0.15, 0.2) is 66.7 Å². The van der Waals surface area contributed by atoms with Crippen LogP contribution in [0.4, 0.5) is 0 Å². The third kappa shape index (κ3) is 8.69. The van der Waals surface area contributed by atoms with Crippen LogP contribution >= 0.6 is 0 Å². The molecule has 3 aromatic carbocycles. The monoisotopic (exact) mass is 495 g/mol. The van der Waals surface area contributed by atoms with E-state index >= 15 is 0 Å². The minimum atomic E-state index is -0.981. The Balaban J connectivity index is 0. The molecule has 0 fully saturated rings. The van der Waals surface area contributed by atoms with Crippen molar-refractivity contribution >= 4 is 13.3 Å². The Hall–Kier alpha value is -0.899. The van der Waals surface area contributed by atoms with E-state index in [1.165, 1.54) is 5.56 Å². The van der Waals surface area contributed by atoms with E-state index in [-0.39, 0.29) is 51.9 Å². The zero-order valence-electron chi connectivity index (χ0n) is 19.1. The second kappa shape index (κ2) is 12.8. The molecule has 1 radical (unpaired) electrons. The summed E-state index contributed by atoms with van der Waals surface area (Å²) in [6, 6.07) is 22.8. The van der Waals surface area contributed by atoms with Crippen molar-refractivity contribution in [1.29, 1.82) is 0 Å². The van der Waals surface area contributed by atoms with Crippen LogP contribution in [0.5, 0.6) is 5.75 Å². The first kappa shape index (κ1) is 31.3. The van der Waals surface area contributed by atoms with Gasteiger partial charge in [0.1, 0.15) is 5.75 Å². The molecule has 0 saturated heterocycles. The zero-order chi connectivity index (χ0) is 20.2. The predicted molar refractivity (Wildman–Crippen MR) is 122 cm³/mol. The Morgan fingerprint density at radius 2 is 1.33 bits per heavy atom. The number of phenols is 1. The molecule has 0 saturated carbocycles. The average molecular weight is 496 g/mol. The first-order chi connectivity index (χ1) is 12.5. The average Bonchev–Trinajstić information content (AvgIpc) is 3.09. The van der Waals surface area contributed by atoms with E-state index in [0.29, 0.717) is 5.75 Å². The van der Waals surface area contributed by atoms with Gasteiger partial charge in [-0.1, -0.05) is 76.8 Å². The molecular formula is C25H33Cl2OSiTi. The molecule has 161 valence electrons. The maximum atomic E-state index is 10.3. The van der Waals surface area contributed by atoms with Crippen LogP contribution in [0.25, 0.3) is 11.1 Å². The van der Waals surface area contributed by atoms with Crippen molar-refractivity contribution in [2.24, 2.45) is 0 Å². The number of benzene rings is 2. The van der Waals surface area contributed by atoms with Crippen LogP contribution in [0.1, 0.15) is 31.9 Å². The Morgan fingerprint density at radius 3 is 1.73 bits per heavy atom. The van der Waals surface area contributed by atoms with Crippen molar-refractivity contribution in [2.45, 2.75) is 52.8 Å². The fourth-order valence-corrected chi connectivity index (χ4v) is 4.33.